The molecule has 2 saturated heterocycles. The third-order valence-corrected chi connectivity index (χ3v) is 7.45. The number of ether oxygens (including phenoxy) is 4. The van der Waals surface area contributed by atoms with E-state index in [1.807, 2.05) is 0 Å². The molecule has 40 heavy (non-hydrogen) atoms. The molecule has 3 aliphatic heterocycles. The number of aliphatic hydroxyl groups is 2. The van der Waals surface area contributed by atoms with Gasteiger partial charge in [-0.1, -0.05) is 17.7 Å². The summed E-state index contributed by atoms with van der Waals surface area (Å²) >= 11 is 6.31. The molecule has 3 aliphatic rings. The Balaban J connectivity index is 1.14. The van der Waals surface area contributed by atoms with E-state index in [0.717, 1.165) is 0 Å². The van der Waals surface area contributed by atoms with Gasteiger partial charge in [-0.05, 0) is 35.8 Å². The Hall–Kier alpha value is -3.36. The summed E-state index contributed by atoms with van der Waals surface area (Å²) in [5.74, 6) is -2.06. The molecule has 6 rings (SSSR count). The van der Waals surface area contributed by atoms with E-state index >= 15 is 0 Å². The number of nitrogens with one attached hydrogen (secondary N) is 1. The highest BCUT2D eigenvalue weighted by molar-refractivity contribution is 6.32. The number of carbonyl (C=O) groups is 1. The first-order chi connectivity index (χ1) is 19.3. The normalized spacial score (nSPS) is 24.3. The van der Waals surface area contributed by atoms with Gasteiger partial charge in [-0.25, -0.2) is 8.78 Å². The van der Waals surface area contributed by atoms with Gasteiger partial charge in [0.15, 0.2) is 11.8 Å². The molecule has 0 spiro atoms. The molecule has 2 aromatic heterocycles. The number of fused-ring (bicyclic) bond motifs is 2. The van der Waals surface area contributed by atoms with E-state index in [2.05, 4.69) is 15.0 Å². The van der Waals surface area contributed by atoms with Crippen LogP contribution < -0.4 is 9.47 Å². The summed E-state index contributed by atoms with van der Waals surface area (Å²) in [4.78, 5) is 24.6. The highest BCUT2D eigenvalue weighted by Gasteiger charge is 2.48. The number of aromatic nitrogens is 3. The number of pyridine rings is 1. The number of aromatic amines is 1. The van der Waals surface area contributed by atoms with Crippen molar-refractivity contribution in [2.45, 2.75) is 37.4 Å². The molecule has 4 atom stereocenters. The van der Waals surface area contributed by atoms with E-state index < -0.39 is 55.2 Å². The molecule has 5 heterocycles. The van der Waals surface area contributed by atoms with Gasteiger partial charge in [-0.15, -0.1) is 0 Å². The van der Waals surface area contributed by atoms with Gasteiger partial charge in [0.2, 0.25) is 11.8 Å². The average molecular weight is 579 g/mol. The van der Waals surface area contributed by atoms with E-state index in [1.54, 1.807) is 6.08 Å². The molecule has 0 aliphatic carbocycles. The maximum atomic E-state index is 14.9. The van der Waals surface area contributed by atoms with Crippen LogP contribution in [0.4, 0.5) is 8.78 Å². The van der Waals surface area contributed by atoms with E-state index in [4.69, 9.17) is 35.7 Å². The van der Waals surface area contributed by atoms with Gasteiger partial charge in [0.05, 0.1) is 24.3 Å². The number of imidazole rings is 1. The summed E-state index contributed by atoms with van der Waals surface area (Å²) in [5, 5.41) is 19.0. The molecule has 1 unspecified atom stereocenters. The fourth-order valence-electron chi connectivity index (χ4n) is 5.05. The van der Waals surface area contributed by atoms with Gasteiger partial charge < -0.3 is 39.0 Å². The Morgan fingerprint density at radius 3 is 2.67 bits per heavy atom. The van der Waals surface area contributed by atoms with E-state index in [1.165, 1.54) is 23.1 Å². The molecule has 0 saturated carbocycles. The van der Waals surface area contributed by atoms with Crippen LogP contribution >= 0.6 is 11.6 Å². The Labute approximate surface area is 231 Å². The molecule has 3 aromatic rings. The number of rotatable bonds is 7. The van der Waals surface area contributed by atoms with Crippen LogP contribution in [0.15, 0.2) is 24.3 Å². The number of amides is 1. The molecular formula is C26H25ClF2N4O7. The minimum Gasteiger partial charge on any atom is -0.471 e. The number of H-pyrrole nitrogens is 1. The standard InChI is InChI=1S/C26H25ClF2N4O7/c27-15-7-18-24(32-26(30-18)40-20-11-38-22-19(35)10-37-23(20)22)31-25(15)39-9-14-16(28)5-13(6-17(14)29)12-1-3-33(4-2-12)21(36)8-34/h1,5-7,19-20,22-23,34-35H,2-4,8-11H2,(H,30,31,32)/t19-,20-,22?,23-/m1/s1. The first kappa shape index (κ1) is 26.8. The Kier molecular flexibility index (Phi) is 7.31. The van der Waals surface area contributed by atoms with Gasteiger partial charge in [0.1, 0.15) is 48.2 Å². The number of aliphatic hydroxyl groups excluding tert-OH is 2. The average Bonchev–Trinajstić information content (AvgIpc) is 3.64. The van der Waals surface area contributed by atoms with Crippen LogP contribution in [0.1, 0.15) is 17.5 Å². The monoisotopic (exact) mass is 578 g/mol. The van der Waals surface area contributed by atoms with Gasteiger partial charge in [-0.3, -0.25) is 4.79 Å². The fraction of sp³-hybridized carbons (Fsp3) is 0.423. The minimum absolute atomic E-state index is 0.0646. The summed E-state index contributed by atoms with van der Waals surface area (Å²) < 4.78 is 52.4. The van der Waals surface area contributed by atoms with Crippen molar-refractivity contribution in [2.75, 3.05) is 32.9 Å². The van der Waals surface area contributed by atoms with Gasteiger partial charge in [0.25, 0.3) is 6.01 Å². The van der Waals surface area contributed by atoms with Crippen molar-refractivity contribution in [1.29, 1.82) is 0 Å². The molecular weight excluding hydrogens is 554 g/mol. The Morgan fingerprint density at radius 2 is 1.95 bits per heavy atom. The van der Waals surface area contributed by atoms with Gasteiger partial charge in [0, 0.05) is 13.1 Å². The number of benzene rings is 1. The predicted molar refractivity (Wildman–Crippen MR) is 136 cm³/mol. The molecule has 1 aromatic carbocycles. The summed E-state index contributed by atoms with van der Waals surface area (Å²) in [7, 11) is 0. The lowest BCUT2D eigenvalue weighted by Crippen LogP contribution is -2.36. The molecule has 2 fully saturated rings. The number of carbonyl (C=O) groups excluding carboxylic acids is 1. The highest BCUT2D eigenvalue weighted by Crippen LogP contribution is 2.32. The van der Waals surface area contributed by atoms with Crippen LogP contribution in [0, 0.1) is 11.6 Å². The minimum atomic E-state index is -0.797. The van der Waals surface area contributed by atoms with Crippen LogP contribution in [0.2, 0.25) is 5.02 Å². The van der Waals surface area contributed by atoms with E-state index in [9.17, 15) is 18.7 Å². The van der Waals surface area contributed by atoms with Crippen molar-refractivity contribution in [1.82, 2.24) is 19.9 Å². The first-order valence-corrected chi connectivity index (χ1v) is 13.0. The van der Waals surface area contributed by atoms with Crippen LogP contribution in [0.3, 0.4) is 0 Å². The molecule has 0 bridgehead atoms. The predicted octanol–water partition coefficient (Wildman–Crippen LogP) is 1.98. The second-order valence-corrected chi connectivity index (χ2v) is 10.1. The summed E-state index contributed by atoms with van der Waals surface area (Å²) in [6.45, 7) is -0.0631. The molecule has 14 heteroatoms. The van der Waals surface area contributed by atoms with Crippen molar-refractivity contribution in [3.63, 3.8) is 0 Å². The fourth-order valence-corrected chi connectivity index (χ4v) is 5.26. The van der Waals surface area contributed by atoms with Crippen molar-refractivity contribution in [3.05, 3.63) is 52.1 Å². The SMILES string of the molecule is O=C(CO)N1CC=C(c2cc(F)c(COc3nc4nc(O[C@@H]5COC6[C@H](O)CO[C@@H]65)[nH]c4cc3Cl)c(F)c2)CC1. The number of hydrogen-bond donors (Lipinski definition) is 3. The van der Waals surface area contributed by atoms with Gasteiger partial charge >= 0.3 is 0 Å². The Bertz CT molecular complexity index is 1460. The number of hydrogen-bond acceptors (Lipinski definition) is 9. The van der Waals surface area contributed by atoms with E-state index in [0.29, 0.717) is 29.6 Å². The van der Waals surface area contributed by atoms with Crippen molar-refractivity contribution >= 4 is 34.2 Å². The molecule has 212 valence electrons. The second kappa shape index (κ2) is 10.9. The summed E-state index contributed by atoms with van der Waals surface area (Å²) in [5.41, 5.74) is 1.45. The highest BCUT2D eigenvalue weighted by atomic mass is 35.5. The first-order valence-electron chi connectivity index (χ1n) is 12.6. The Morgan fingerprint density at radius 1 is 1.18 bits per heavy atom. The summed E-state index contributed by atoms with van der Waals surface area (Å²) in [6, 6.07) is 4.09. The lowest BCUT2D eigenvalue weighted by Gasteiger charge is -2.26. The van der Waals surface area contributed by atoms with Crippen LogP contribution in [-0.2, 0) is 20.9 Å². The van der Waals surface area contributed by atoms with Crippen molar-refractivity contribution in [2.24, 2.45) is 0 Å². The topological polar surface area (TPSA) is 139 Å². The molecule has 11 nitrogen and oxygen atoms in total. The number of halogens is 3. The molecule has 1 amide bonds. The van der Waals surface area contributed by atoms with E-state index in [-0.39, 0.29) is 47.9 Å². The second-order valence-electron chi connectivity index (χ2n) is 9.69. The maximum absolute atomic E-state index is 14.9. The lowest BCUT2D eigenvalue weighted by atomic mass is 9.97. The smallest absolute Gasteiger partial charge is 0.296 e. The third-order valence-electron chi connectivity index (χ3n) is 7.18. The quantitative estimate of drug-likeness (QED) is 0.384. The van der Waals surface area contributed by atoms with Crippen LogP contribution in [0.25, 0.3) is 16.7 Å². The molecule has 3 N–H and O–H groups in total. The van der Waals surface area contributed by atoms with Crippen LogP contribution in [-0.4, -0.2) is 93.3 Å². The third kappa shape index (κ3) is 5.10. The maximum Gasteiger partial charge on any atom is 0.296 e. The largest absolute Gasteiger partial charge is 0.471 e. The lowest BCUT2D eigenvalue weighted by molar-refractivity contribution is -0.133. The zero-order valence-electron chi connectivity index (χ0n) is 21.0. The zero-order valence-corrected chi connectivity index (χ0v) is 21.7. The number of nitrogens with zero attached hydrogens (tertiary/aromatic N) is 3. The summed E-state index contributed by atoms with van der Waals surface area (Å²) in [6.07, 6.45) is 0.0525. The van der Waals surface area contributed by atoms with Crippen LogP contribution in [0.5, 0.6) is 11.9 Å². The van der Waals surface area contributed by atoms with Gasteiger partial charge in [-0.2, -0.15) is 9.97 Å². The van der Waals surface area contributed by atoms with Crippen molar-refractivity contribution < 1.29 is 42.7 Å². The zero-order chi connectivity index (χ0) is 28.0. The van der Waals surface area contributed by atoms with Crippen molar-refractivity contribution in [3.8, 4) is 11.9 Å². The molecule has 0 radical (unpaired) electrons.